The summed E-state index contributed by atoms with van der Waals surface area (Å²) in [5.74, 6) is 0.911. The molecule has 2 aromatic rings. The molecule has 92 valence electrons. The van der Waals surface area contributed by atoms with Crippen LogP contribution in [0, 0.1) is 0 Å². The molecule has 0 radical (unpaired) electrons. The minimum absolute atomic E-state index is 0.00840. The van der Waals surface area contributed by atoms with Gasteiger partial charge in [-0.25, -0.2) is 0 Å². The Morgan fingerprint density at radius 3 is 2.50 bits per heavy atom. The predicted octanol–water partition coefficient (Wildman–Crippen LogP) is 4.72. The van der Waals surface area contributed by atoms with E-state index in [1.165, 1.54) is 16.0 Å². The first-order valence-corrected chi connectivity index (χ1v) is 6.96. The second kappa shape index (κ2) is 4.22. The predicted molar refractivity (Wildman–Crippen MR) is 76.8 cm³/mol. The number of hydrogen-bond acceptors (Lipinski definition) is 2. The van der Waals surface area contributed by atoms with E-state index in [1.54, 1.807) is 7.11 Å². The third kappa shape index (κ3) is 1.72. The molecule has 18 heavy (non-hydrogen) atoms. The molecular formula is C15H13ClOS. The Morgan fingerprint density at radius 1 is 1.11 bits per heavy atom. The fraction of sp³-hybridized carbons (Fsp3) is 0.200. The molecule has 0 N–H and O–H groups in total. The topological polar surface area (TPSA) is 9.23 Å². The van der Waals surface area contributed by atoms with Gasteiger partial charge in [0.1, 0.15) is 5.75 Å². The van der Waals surface area contributed by atoms with Crippen molar-refractivity contribution in [3.8, 4) is 5.75 Å². The van der Waals surface area contributed by atoms with Gasteiger partial charge in [-0.05, 0) is 48.4 Å². The van der Waals surface area contributed by atoms with Crippen LogP contribution in [0.1, 0.15) is 18.1 Å². The number of rotatable bonds is 2. The molecule has 1 unspecified atom stereocenters. The van der Waals surface area contributed by atoms with E-state index in [2.05, 4.69) is 31.2 Å². The van der Waals surface area contributed by atoms with Crippen LogP contribution in [0.3, 0.4) is 0 Å². The highest BCUT2D eigenvalue weighted by Gasteiger charge is 2.41. The second-order valence-electron chi connectivity index (χ2n) is 4.50. The highest BCUT2D eigenvalue weighted by molar-refractivity contribution is 8.02. The lowest BCUT2D eigenvalue weighted by molar-refractivity contribution is 0.413. The summed E-state index contributed by atoms with van der Waals surface area (Å²) in [6.07, 6.45) is 0. The molecular weight excluding hydrogens is 264 g/mol. The fourth-order valence-corrected chi connectivity index (χ4v) is 3.76. The van der Waals surface area contributed by atoms with Crippen LogP contribution in [-0.4, -0.2) is 7.11 Å². The van der Waals surface area contributed by atoms with Crippen LogP contribution in [0.15, 0.2) is 47.4 Å². The highest BCUT2D eigenvalue weighted by atomic mass is 35.5. The summed E-state index contributed by atoms with van der Waals surface area (Å²) in [5, 5.41) is 0.775. The summed E-state index contributed by atoms with van der Waals surface area (Å²) in [4.78, 5) is 1.33. The van der Waals surface area contributed by atoms with Gasteiger partial charge in [-0.3, -0.25) is 0 Å². The SMILES string of the molecule is COc1ccc2c(c1)C(C)(c1ccc(Cl)cc1)S2. The lowest BCUT2D eigenvalue weighted by Crippen LogP contribution is -2.27. The largest absolute Gasteiger partial charge is 0.497 e. The van der Waals surface area contributed by atoms with E-state index >= 15 is 0 Å². The normalized spacial score (nSPS) is 21.1. The maximum absolute atomic E-state index is 5.94. The number of fused-ring (bicyclic) bond motifs is 1. The third-order valence-corrected chi connectivity index (χ3v) is 5.10. The Kier molecular flexibility index (Phi) is 2.80. The first-order chi connectivity index (χ1) is 8.63. The molecule has 0 aliphatic carbocycles. The van der Waals surface area contributed by atoms with Gasteiger partial charge in [0.25, 0.3) is 0 Å². The zero-order chi connectivity index (χ0) is 12.8. The number of thioether (sulfide) groups is 1. The van der Waals surface area contributed by atoms with Crippen molar-refractivity contribution in [1.82, 2.24) is 0 Å². The van der Waals surface area contributed by atoms with Crippen molar-refractivity contribution in [1.29, 1.82) is 0 Å². The van der Waals surface area contributed by atoms with Gasteiger partial charge < -0.3 is 4.74 Å². The van der Waals surface area contributed by atoms with Crippen LogP contribution in [0.2, 0.25) is 5.02 Å². The fourth-order valence-electron chi connectivity index (χ4n) is 2.31. The number of methoxy groups -OCH3 is 1. The molecule has 3 rings (SSSR count). The first kappa shape index (κ1) is 11.9. The van der Waals surface area contributed by atoms with Crippen LogP contribution in [0.5, 0.6) is 5.75 Å². The average molecular weight is 277 g/mol. The van der Waals surface area contributed by atoms with E-state index in [4.69, 9.17) is 16.3 Å². The first-order valence-electron chi connectivity index (χ1n) is 5.77. The number of ether oxygens (including phenoxy) is 1. The summed E-state index contributed by atoms with van der Waals surface area (Å²) >= 11 is 7.82. The summed E-state index contributed by atoms with van der Waals surface area (Å²) in [6.45, 7) is 2.24. The lowest BCUT2D eigenvalue weighted by atomic mass is 9.90. The third-order valence-electron chi connectivity index (χ3n) is 3.41. The van der Waals surface area contributed by atoms with E-state index in [9.17, 15) is 0 Å². The summed E-state index contributed by atoms with van der Waals surface area (Å²) in [5.41, 5.74) is 2.60. The molecule has 1 heterocycles. The molecule has 0 saturated heterocycles. The summed E-state index contributed by atoms with van der Waals surface area (Å²) < 4.78 is 5.31. The van der Waals surface area contributed by atoms with Crippen molar-refractivity contribution in [2.45, 2.75) is 16.6 Å². The molecule has 0 amide bonds. The maximum atomic E-state index is 5.94. The van der Waals surface area contributed by atoms with Crippen LogP contribution in [0.25, 0.3) is 0 Å². The molecule has 1 nitrogen and oxygen atoms in total. The molecule has 0 saturated carbocycles. The molecule has 2 aromatic carbocycles. The Balaban J connectivity index is 2.04. The Hall–Kier alpha value is -1.12. The van der Waals surface area contributed by atoms with Crippen molar-refractivity contribution < 1.29 is 4.74 Å². The van der Waals surface area contributed by atoms with Crippen LogP contribution in [-0.2, 0) is 4.75 Å². The van der Waals surface area contributed by atoms with Crippen molar-refractivity contribution in [2.75, 3.05) is 7.11 Å². The van der Waals surface area contributed by atoms with E-state index in [1.807, 2.05) is 30.0 Å². The Labute approximate surface area is 116 Å². The van der Waals surface area contributed by atoms with Crippen molar-refractivity contribution >= 4 is 23.4 Å². The van der Waals surface area contributed by atoms with Gasteiger partial charge in [-0.1, -0.05) is 23.7 Å². The van der Waals surface area contributed by atoms with Crippen LogP contribution < -0.4 is 4.74 Å². The molecule has 1 aliphatic heterocycles. The van der Waals surface area contributed by atoms with Gasteiger partial charge >= 0.3 is 0 Å². The average Bonchev–Trinajstić information content (AvgIpc) is 2.38. The molecule has 1 aliphatic rings. The van der Waals surface area contributed by atoms with Crippen molar-refractivity contribution in [3.63, 3.8) is 0 Å². The smallest absolute Gasteiger partial charge is 0.119 e. The van der Waals surface area contributed by atoms with Gasteiger partial charge in [0.2, 0.25) is 0 Å². The lowest BCUT2D eigenvalue weighted by Gasteiger charge is -2.41. The summed E-state index contributed by atoms with van der Waals surface area (Å²) in [6, 6.07) is 14.3. The van der Waals surface area contributed by atoms with Crippen LogP contribution >= 0.6 is 23.4 Å². The van der Waals surface area contributed by atoms with E-state index in [-0.39, 0.29) is 4.75 Å². The molecule has 0 bridgehead atoms. The number of halogens is 1. The summed E-state index contributed by atoms with van der Waals surface area (Å²) in [7, 11) is 1.70. The van der Waals surface area contributed by atoms with E-state index < -0.39 is 0 Å². The number of benzene rings is 2. The Bertz CT molecular complexity index is 594. The monoisotopic (exact) mass is 276 g/mol. The highest BCUT2D eigenvalue weighted by Crippen LogP contribution is 2.58. The van der Waals surface area contributed by atoms with E-state index in [0.29, 0.717) is 0 Å². The van der Waals surface area contributed by atoms with Gasteiger partial charge in [-0.15, -0.1) is 11.8 Å². The van der Waals surface area contributed by atoms with E-state index in [0.717, 1.165) is 10.8 Å². The van der Waals surface area contributed by atoms with Gasteiger partial charge in [0.05, 0.1) is 11.9 Å². The number of hydrogen-bond donors (Lipinski definition) is 0. The molecule has 0 fully saturated rings. The standard InChI is InChI=1S/C15H13ClOS/c1-15(10-3-5-11(16)6-4-10)13-9-12(17-2)7-8-14(13)18-15/h3-9H,1-2H3. The van der Waals surface area contributed by atoms with Gasteiger partial charge in [0.15, 0.2) is 0 Å². The molecule has 1 atom stereocenters. The van der Waals surface area contributed by atoms with Crippen molar-refractivity contribution in [2.24, 2.45) is 0 Å². The molecule has 0 aromatic heterocycles. The minimum atomic E-state index is 0.00840. The zero-order valence-corrected chi connectivity index (χ0v) is 11.8. The van der Waals surface area contributed by atoms with Gasteiger partial charge in [0, 0.05) is 9.92 Å². The molecule has 3 heteroatoms. The molecule has 0 spiro atoms. The van der Waals surface area contributed by atoms with Gasteiger partial charge in [-0.2, -0.15) is 0 Å². The quantitative estimate of drug-likeness (QED) is 0.785. The maximum Gasteiger partial charge on any atom is 0.119 e. The minimum Gasteiger partial charge on any atom is -0.497 e. The van der Waals surface area contributed by atoms with Crippen LogP contribution in [0.4, 0.5) is 0 Å². The second-order valence-corrected chi connectivity index (χ2v) is 6.40. The van der Waals surface area contributed by atoms with Crippen molar-refractivity contribution in [3.05, 3.63) is 58.6 Å². The Morgan fingerprint density at radius 2 is 1.83 bits per heavy atom. The zero-order valence-electron chi connectivity index (χ0n) is 10.2.